The highest BCUT2D eigenvalue weighted by atomic mass is 19.1. The minimum atomic E-state index is -0.335. The third kappa shape index (κ3) is 3.76. The van der Waals surface area contributed by atoms with Gasteiger partial charge in [-0.3, -0.25) is 4.79 Å². The van der Waals surface area contributed by atoms with Crippen molar-refractivity contribution in [3.05, 3.63) is 59.4 Å². The van der Waals surface area contributed by atoms with E-state index in [1.54, 1.807) is 14.2 Å². The fourth-order valence-electron chi connectivity index (χ4n) is 5.32. The second kappa shape index (κ2) is 8.26. The Morgan fingerprint density at radius 2 is 1.87 bits per heavy atom. The lowest BCUT2D eigenvalue weighted by atomic mass is 9.63. The summed E-state index contributed by atoms with van der Waals surface area (Å²) < 4.78 is 24.1. The Labute approximate surface area is 177 Å². The van der Waals surface area contributed by atoms with Gasteiger partial charge in [0.2, 0.25) is 0 Å². The number of halogens is 1. The van der Waals surface area contributed by atoms with Crippen LogP contribution in [0.4, 0.5) is 4.39 Å². The van der Waals surface area contributed by atoms with Crippen LogP contribution in [0.25, 0.3) is 0 Å². The highest BCUT2D eigenvalue weighted by molar-refractivity contribution is 5.94. The molecule has 0 spiro atoms. The number of hydrogen-bond acceptors (Lipinski definition) is 4. The van der Waals surface area contributed by atoms with Crippen molar-refractivity contribution in [2.24, 2.45) is 5.92 Å². The van der Waals surface area contributed by atoms with Crippen molar-refractivity contribution in [1.82, 2.24) is 10.2 Å². The van der Waals surface area contributed by atoms with Gasteiger partial charge >= 0.3 is 0 Å². The highest BCUT2D eigenvalue weighted by Crippen LogP contribution is 2.49. The quantitative estimate of drug-likeness (QED) is 0.815. The van der Waals surface area contributed by atoms with E-state index in [-0.39, 0.29) is 23.2 Å². The topological polar surface area (TPSA) is 50.8 Å². The molecule has 30 heavy (non-hydrogen) atoms. The number of carbonyl (C=O) groups is 1. The van der Waals surface area contributed by atoms with Gasteiger partial charge in [0.25, 0.3) is 5.91 Å². The van der Waals surface area contributed by atoms with Gasteiger partial charge in [0.1, 0.15) is 5.82 Å². The lowest BCUT2D eigenvalue weighted by molar-refractivity contribution is 0.0904. The summed E-state index contributed by atoms with van der Waals surface area (Å²) in [7, 11) is 5.48. The van der Waals surface area contributed by atoms with Crippen molar-refractivity contribution < 1.29 is 18.7 Å². The van der Waals surface area contributed by atoms with Crippen LogP contribution < -0.4 is 14.8 Å². The molecule has 1 saturated heterocycles. The monoisotopic (exact) mass is 412 g/mol. The Hall–Kier alpha value is -2.60. The lowest BCUT2D eigenvalue weighted by Crippen LogP contribution is -2.47. The first-order chi connectivity index (χ1) is 14.4. The maximum absolute atomic E-state index is 13.1. The zero-order valence-electron chi connectivity index (χ0n) is 17.8. The van der Waals surface area contributed by atoms with Crippen LogP contribution in [0.15, 0.2) is 42.5 Å². The van der Waals surface area contributed by atoms with Gasteiger partial charge < -0.3 is 19.7 Å². The number of rotatable bonds is 5. The fourth-order valence-corrected chi connectivity index (χ4v) is 5.32. The molecule has 0 radical (unpaired) electrons. The van der Waals surface area contributed by atoms with Gasteiger partial charge in [-0.2, -0.15) is 0 Å². The van der Waals surface area contributed by atoms with E-state index in [2.05, 4.69) is 29.4 Å². The third-order valence-corrected chi connectivity index (χ3v) is 6.77. The summed E-state index contributed by atoms with van der Waals surface area (Å²) >= 11 is 0. The van der Waals surface area contributed by atoms with Crippen LogP contribution in [0.1, 0.15) is 35.2 Å². The van der Waals surface area contributed by atoms with Gasteiger partial charge in [0.05, 0.1) is 14.2 Å². The number of hydrogen-bond donors (Lipinski definition) is 1. The van der Waals surface area contributed by atoms with Gasteiger partial charge in [-0.05, 0) is 74.2 Å². The zero-order valence-corrected chi connectivity index (χ0v) is 17.8. The number of methoxy groups -OCH3 is 2. The number of fused-ring (bicyclic) bond motifs is 1. The van der Waals surface area contributed by atoms with Crippen LogP contribution in [0.2, 0.25) is 0 Å². The van der Waals surface area contributed by atoms with Gasteiger partial charge in [0.15, 0.2) is 11.5 Å². The average molecular weight is 413 g/mol. The second-order valence-electron chi connectivity index (χ2n) is 8.57. The van der Waals surface area contributed by atoms with Crippen LogP contribution in [-0.4, -0.2) is 51.2 Å². The van der Waals surface area contributed by atoms with Crippen LogP contribution in [-0.2, 0) is 5.41 Å². The molecular formula is C24H29FN2O3. The second-order valence-corrected chi connectivity index (χ2v) is 8.57. The molecule has 160 valence electrons. The number of benzene rings is 2. The third-order valence-electron chi connectivity index (χ3n) is 6.77. The molecule has 1 aliphatic heterocycles. The zero-order chi connectivity index (χ0) is 21.3. The fraction of sp³-hybridized carbons (Fsp3) is 0.458. The van der Waals surface area contributed by atoms with Crippen molar-refractivity contribution in [2.45, 2.75) is 30.7 Å². The summed E-state index contributed by atoms with van der Waals surface area (Å²) in [6.45, 7) is 1.99. The minimum absolute atomic E-state index is 0.0470. The van der Waals surface area contributed by atoms with Crippen LogP contribution in [0, 0.1) is 11.7 Å². The summed E-state index contributed by atoms with van der Waals surface area (Å²) in [6, 6.07) is 12.1. The van der Waals surface area contributed by atoms with Crippen molar-refractivity contribution >= 4 is 5.91 Å². The Morgan fingerprint density at radius 1 is 1.13 bits per heavy atom. The summed E-state index contributed by atoms with van der Waals surface area (Å²) in [6.07, 6.45) is 2.82. The molecular weight excluding hydrogens is 383 g/mol. The number of nitrogens with one attached hydrogen (secondary N) is 1. The minimum Gasteiger partial charge on any atom is -0.493 e. The van der Waals surface area contributed by atoms with Gasteiger partial charge in [-0.1, -0.05) is 6.07 Å². The maximum Gasteiger partial charge on any atom is 0.251 e. The summed E-state index contributed by atoms with van der Waals surface area (Å²) in [5, 5.41) is 3.17. The van der Waals surface area contributed by atoms with Crippen LogP contribution in [0.3, 0.4) is 0 Å². The highest BCUT2D eigenvalue weighted by Gasteiger charge is 2.50. The Kier molecular flexibility index (Phi) is 5.69. The van der Waals surface area contributed by atoms with Crippen molar-refractivity contribution in [3.63, 3.8) is 0 Å². The molecule has 1 N–H and O–H groups in total. The molecule has 1 amide bonds. The van der Waals surface area contributed by atoms with Gasteiger partial charge in [0, 0.05) is 30.1 Å². The van der Waals surface area contributed by atoms with E-state index in [1.807, 2.05) is 6.07 Å². The number of amides is 1. The first-order valence-corrected chi connectivity index (χ1v) is 10.4. The van der Waals surface area contributed by atoms with Crippen molar-refractivity contribution in [1.29, 1.82) is 0 Å². The maximum atomic E-state index is 13.1. The van der Waals surface area contributed by atoms with Crippen LogP contribution >= 0.6 is 0 Å². The van der Waals surface area contributed by atoms with E-state index in [1.165, 1.54) is 29.8 Å². The molecule has 1 heterocycles. The molecule has 2 aliphatic rings. The molecule has 2 aromatic rings. The number of ether oxygens (including phenoxy) is 2. The summed E-state index contributed by atoms with van der Waals surface area (Å²) in [5.41, 5.74) is 1.82. The molecule has 4 rings (SSSR count). The van der Waals surface area contributed by atoms with Crippen LogP contribution in [0.5, 0.6) is 11.5 Å². The average Bonchev–Trinajstić information content (AvgIpc) is 3.09. The molecule has 1 aliphatic carbocycles. The Balaban J connectivity index is 1.53. The molecule has 6 heteroatoms. The van der Waals surface area contributed by atoms with E-state index < -0.39 is 0 Å². The molecule has 2 fully saturated rings. The van der Waals surface area contributed by atoms with Gasteiger partial charge in [-0.15, -0.1) is 0 Å². The van der Waals surface area contributed by atoms with E-state index in [0.29, 0.717) is 11.5 Å². The first-order valence-electron chi connectivity index (χ1n) is 10.4. The SMILES string of the molecule is COc1ccc([C@]23CC[C@H](NC(=O)c4ccc(F)cc4)C[C@@H]2CN(C)C3)cc1OC. The molecule has 1 saturated carbocycles. The number of likely N-dealkylation sites (tertiary alicyclic amines) is 1. The normalized spacial score (nSPS) is 26.1. The van der Waals surface area contributed by atoms with E-state index in [9.17, 15) is 9.18 Å². The Morgan fingerprint density at radius 3 is 2.57 bits per heavy atom. The number of carbonyl (C=O) groups excluding carboxylic acids is 1. The van der Waals surface area contributed by atoms with E-state index in [0.717, 1.165) is 43.9 Å². The van der Waals surface area contributed by atoms with Gasteiger partial charge in [-0.25, -0.2) is 4.39 Å². The summed E-state index contributed by atoms with van der Waals surface area (Å²) in [5.74, 6) is 1.46. The van der Waals surface area contributed by atoms with Crippen molar-refractivity contribution in [2.75, 3.05) is 34.4 Å². The largest absolute Gasteiger partial charge is 0.493 e. The molecule has 0 aromatic heterocycles. The predicted molar refractivity (Wildman–Crippen MR) is 114 cm³/mol. The molecule has 5 nitrogen and oxygen atoms in total. The van der Waals surface area contributed by atoms with E-state index >= 15 is 0 Å². The van der Waals surface area contributed by atoms with E-state index in [4.69, 9.17) is 9.47 Å². The molecule has 3 atom stereocenters. The Bertz CT molecular complexity index is 917. The lowest BCUT2D eigenvalue weighted by Gasteiger charge is -2.43. The summed E-state index contributed by atoms with van der Waals surface area (Å²) in [4.78, 5) is 15.0. The first kappa shape index (κ1) is 20.7. The van der Waals surface area contributed by atoms with Crippen molar-refractivity contribution in [3.8, 4) is 11.5 Å². The molecule has 0 bridgehead atoms. The molecule has 0 unspecified atom stereocenters. The number of nitrogens with zero attached hydrogens (tertiary/aromatic N) is 1. The molecule has 2 aromatic carbocycles. The standard InChI is InChI=1S/C24H29FN2O3/c1-27-14-18-12-20(26-23(28)16-4-7-19(25)8-5-16)10-11-24(18,15-27)17-6-9-21(29-2)22(13-17)30-3/h4-9,13,18,20H,10-12,14-15H2,1-3H3,(H,26,28)/t18-,20+,24-/m1/s1. The smallest absolute Gasteiger partial charge is 0.251 e. The predicted octanol–water partition coefficient (Wildman–Crippen LogP) is 3.62. The number of likely N-dealkylation sites (N-methyl/N-ethyl adjacent to an activating group) is 1.